The van der Waals surface area contributed by atoms with E-state index in [9.17, 15) is 4.79 Å². The molecule has 1 rings (SSSR count). The number of carboxylic acids is 1. The van der Waals surface area contributed by atoms with Crippen LogP contribution < -0.4 is 14.8 Å². The molecule has 100 valence electrons. The van der Waals surface area contributed by atoms with Gasteiger partial charge in [-0.2, -0.15) is 0 Å². The fraction of sp³-hybridized carbons (Fsp3) is 0.462. The van der Waals surface area contributed by atoms with Crippen LogP contribution in [0.5, 0.6) is 11.5 Å². The first-order valence-electron chi connectivity index (χ1n) is 5.70. The van der Waals surface area contributed by atoms with Crippen molar-refractivity contribution in [2.24, 2.45) is 0 Å². The molecule has 1 aromatic carbocycles. The Labute approximate surface area is 107 Å². The maximum absolute atomic E-state index is 10.8. The van der Waals surface area contributed by atoms with Gasteiger partial charge in [0.1, 0.15) is 6.04 Å². The number of ether oxygens (including phenoxy) is 2. The molecule has 5 heteroatoms. The smallest absolute Gasteiger partial charge is 0.320 e. The van der Waals surface area contributed by atoms with Crippen molar-refractivity contribution in [2.45, 2.75) is 25.9 Å². The van der Waals surface area contributed by atoms with Gasteiger partial charge in [-0.25, -0.2) is 0 Å². The minimum atomic E-state index is -0.873. The Balaban J connectivity index is 2.86. The second-order valence-electron chi connectivity index (χ2n) is 4.06. The number of carboxylic acid groups (broad SMARTS) is 1. The van der Waals surface area contributed by atoms with Gasteiger partial charge in [0.05, 0.1) is 14.2 Å². The van der Waals surface area contributed by atoms with Gasteiger partial charge < -0.3 is 14.6 Å². The molecule has 18 heavy (non-hydrogen) atoms. The number of aliphatic carboxylic acids is 1. The molecule has 0 fully saturated rings. The Morgan fingerprint density at radius 1 is 1.22 bits per heavy atom. The summed E-state index contributed by atoms with van der Waals surface area (Å²) in [6, 6.07) is 4.83. The number of methoxy groups -OCH3 is 2. The first-order chi connectivity index (χ1) is 8.49. The Bertz CT molecular complexity index is 419. The molecule has 0 saturated carbocycles. The molecule has 1 unspecified atom stereocenters. The molecule has 5 nitrogen and oxygen atoms in total. The second-order valence-corrected chi connectivity index (χ2v) is 4.06. The van der Waals surface area contributed by atoms with E-state index in [4.69, 9.17) is 14.6 Å². The third kappa shape index (κ3) is 3.37. The quantitative estimate of drug-likeness (QED) is 0.809. The summed E-state index contributed by atoms with van der Waals surface area (Å²) < 4.78 is 10.4. The predicted octanol–water partition coefficient (Wildman–Crippen LogP) is 1.83. The average molecular weight is 253 g/mol. The summed E-state index contributed by atoms with van der Waals surface area (Å²) in [6.07, 6.45) is 0. The van der Waals surface area contributed by atoms with Crippen LogP contribution in [0, 0.1) is 0 Å². The largest absolute Gasteiger partial charge is 0.493 e. The normalized spacial score (nSPS) is 13.8. The minimum Gasteiger partial charge on any atom is -0.493 e. The number of hydrogen-bond acceptors (Lipinski definition) is 4. The lowest BCUT2D eigenvalue weighted by molar-refractivity contribution is -0.139. The van der Waals surface area contributed by atoms with Crippen molar-refractivity contribution in [1.82, 2.24) is 5.32 Å². The van der Waals surface area contributed by atoms with E-state index in [-0.39, 0.29) is 6.04 Å². The molecule has 0 amide bonds. The molecule has 0 spiro atoms. The zero-order chi connectivity index (χ0) is 13.7. The van der Waals surface area contributed by atoms with Crippen LogP contribution in [0.4, 0.5) is 0 Å². The van der Waals surface area contributed by atoms with Crippen LogP contribution in [0.1, 0.15) is 25.5 Å². The molecule has 2 atom stereocenters. The van der Waals surface area contributed by atoms with E-state index in [0.29, 0.717) is 11.5 Å². The fourth-order valence-electron chi connectivity index (χ4n) is 1.66. The van der Waals surface area contributed by atoms with Gasteiger partial charge in [0.2, 0.25) is 0 Å². The maximum atomic E-state index is 10.8. The van der Waals surface area contributed by atoms with Gasteiger partial charge in [0, 0.05) is 6.04 Å². The molecule has 1 aromatic rings. The highest BCUT2D eigenvalue weighted by Crippen LogP contribution is 2.29. The summed E-state index contributed by atoms with van der Waals surface area (Å²) in [6.45, 7) is 3.51. The molecule has 0 bridgehead atoms. The monoisotopic (exact) mass is 253 g/mol. The van der Waals surface area contributed by atoms with Gasteiger partial charge in [-0.15, -0.1) is 0 Å². The van der Waals surface area contributed by atoms with Gasteiger partial charge in [-0.05, 0) is 31.5 Å². The summed E-state index contributed by atoms with van der Waals surface area (Å²) in [5.74, 6) is 0.411. The summed E-state index contributed by atoms with van der Waals surface area (Å²) in [7, 11) is 3.14. The van der Waals surface area contributed by atoms with Gasteiger partial charge in [0.15, 0.2) is 11.5 Å². The van der Waals surface area contributed by atoms with Crippen molar-refractivity contribution < 1.29 is 19.4 Å². The molecule has 2 N–H and O–H groups in total. The highest BCUT2D eigenvalue weighted by molar-refractivity contribution is 5.72. The molecule has 0 heterocycles. The van der Waals surface area contributed by atoms with Crippen LogP contribution in [0.25, 0.3) is 0 Å². The summed E-state index contributed by atoms with van der Waals surface area (Å²) in [4.78, 5) is 10.8. The maximum Gasteiger partial charge on any atom is 0.320 e. The van der Waals surface area contributed by atoms with Crippen LogP contribution in [-0.2, 0) is 4.79 Å². The Morgan fingerprint density at radius 3 is 2.33 bits per heavy atom. The molecule has 0 aliphatic heterocycles. The van der Waals surface area contributed by atoms with Crippen molar-refractivity contribution in [1.29, 1.82) is 0 Å². The Morgan fingerprint density at radius 2 is 1.83 bits per heavy atom. The molecular formula is C13H19NO4. The Hall–Kier alpha value is -1.75. The molecule has 0 aliphatic carbocycles. The summed E-state index contributed by atoms with van der Waals surface area (Å²) in [5, 5.41) is 11.8. The average Bonchev–Trinajstić information content (AvgIpc) is 2.37. The van der Waals surface area contributed by atoms with Gasteiger partial charge in [-0.1, -0.05) is 6.07 Å². The van der Waals surface area contributed by atoms with Crippen molar-refractivity contribution in [2.75, 3.05) is 14.2 Å². The topological polar surface area (TPSA) is 67.8 Å². The first kappa shape index (κ1) is 14.3. The van der Waals surface area contributed by atoms with Crippen molar-refractivity contribution in [3.63, 3.8) is 0 Å². The van der Waals surface area contributed by atoms with E-state index in [2.05, 4.69) is 5.32 Å². The van der Waals surface area contributed by atoms with Crippen molar-refractivity contribution in [3.8, 4) is 11.5 Å². The third-order valence-corrected chi connectivity index (χ3v) is 2.78. The van der Waals surface area contributed by atoms with Gasteiger partial charge in [-0.3, -0.25) is 10.1 Å². The molecule has 0 saturated heterocycles. The SMILES string of the molecule is COc1ccc(C(C)N[C@@H](C)C(=O)O)cc1OC. The minimum absolute atomic E-state index is 0.0871. The number of hydrogen-bond donors (Lipinski definition) is 2. The zero-order valence-electron chi connectivity index (χ0n) is 11.1. The van der Waals surface area contributed by atoms with Crippen LogP contribution in [0.3, 0.4) is 0 Å². The van der Waals surface area contributed by atoms with E-state index in [1.807, 2.05) is 19.1 Å². The molecule has 0 aliphatic rings. The summed E-state index contributed by atoms with van der Waals surface area (Å²) >= 11 is 0. The van der Waals surface area contributed by atoms with E-state index < -0.39 is 12.0 Å². The number of nitrogens with one attached hydrogen (secondary N) is 1. The van der Waals surface area contributed by atoms with Gasteiger partial charge in [0.25, 0.3) is 0 Å². The third-order valence-electron chi connectivity index (χ3n) is 2.78. The Kier molecular flexibility index (Phi) is 4.97. The van der Waals surface area contributed by atoms with Crippen LogP contribution in [0.2, 0.25) is 0 Å². The number of rotatable bonds is 6. The highest BCUT2D eigenvalue weighted by Gasteiger charge is 2.16. The molecular weight excluding hydrogens is 234 g/mol. The van der Waals surface area contributed by atoms with Crippen molar-refractivity contribution in [3.05, 3.63) is 23.8 Å². The highest BCUT2D eigenvalue weighted by atomic mass is 16.5. The predicted molar refractivity (Wildman–Crippen MR) is 68.2 cm³/mol. The van der Waals surface area contributed by atoms with E-state index >= 15 is 0 Å². The lowest BCUT2D eigenvalue weighted by Crippen LogP contribution is -2.35. The fourth-order valence-corrected chi connectivity index (χ4v) is 1.66. The van der Waals surface area contributed by atoms with E-state index in [1.54, 1.807) is 27.2 Å². The van der Waals surface area contributed by atoms with Crippen molar-refractivity contribution >= 4 is 5.97 Å². The number of benzene rings is 1. The molecule has 0 aromatic heterocycles. The summed E-state index contributed by atoms with van der Waals surface area (Å²) in [5.41, 5.74) is 0.945. The molecule has 0 radical (unpaired) electrons. The van der Waals surface area contributed by atoms with Crippen LogP contribution in [-0.4, -0.2) is 31.3 Å². The van der Waals surface area contributed by atoms with E-state index in [0.717, 1.165) is 5.56 Å². The lowest BCUT2D eigenvalue weighted by atomic mass is 10.1. The first-order valence-corrected chi connectivity index (χ1v) is 5.70. The standard InChI is InChI=1S/C13H19NO4/c1-8(14-9(2)13(15)16)10-5-6-11(17-3)12(7-10)18-4/h5-9,14H,1-4H3,(H,15,16)/t8?,9-/m0/s1. The van der Waals surface area contributed by atoms with Crippen LogP contribution in [0.15, 0.2) is 18.2 Å². The zero-order valence-corrected chi connectivity index (χ0v) is 11.1. The number of carbonyl (C=O) groups is 1. The van der Waals surface area contributed by atoms with E-state index in [1.165, 1.54) is 0 Å². The second kappa shape index (κ2) is 6.26. The van der Waals surface area contributed by atoms with Gasteiger partial charge >= 0.3 is 5.97 Å². The lowest BCUT2D eigenvalue weighted by Gasteiger charge is -2.18. The van der Waals surface area contributed by atoms with Crippen LogP contribution >= 0.6 is 0 Å².